The second kappa shape index (κ2) is 6.05. The average Bonchev–Trinajstić information content (AvgIpc) is 2.28. The maximum Gasteiger partial charge on any atom is 0.161 e. The van der Waals surface area contributed by atoms with Gasteiger partial charge in [0, 0.05) is 30.1 Å². The lowest BCUT2D eigenvalue weighted by atomic mass is 10.1. The molecule has 0 aliphatic carbocycles. The minimum atomic E-state index is -0.370. The van der Waals surface area contributed by atoms with Gasteiger partial charge in [0.2, 0.25) is 0 Å². The summed E-state index contributed by atoms with van der Waals surface area (Å²) in [6, 6.07) is 4.67. The lowest BCUT2D eigenvalue weighted by Gasteiger charge is -2.28. The zero-order valence-corrected chi connectivity index (χ0v) is 11.5. The number of carbonyl (C=O) groups excluding carboxylic acids is 1. The van der Waals surface area contributed by atoms with Crippen LogP contribution >= 0.6 is 11.8 Å². The van der Waals surface area contributed by atoms with Crippen LogP contribution < -0.4 is 4.90 Å². The van der Waals surface area contributed by atoms with Crippen molar-refractivity contribution >= 4 is 23.2 Å². The van der Waals surface area contributed by atoms with Crippen molar-refractivity contribution in [2.45, 2.75) is 19.9 Å². The van der Waals surface area contributed by atoms with E-state index >= 15 is 0 Å². The lowest BCUT2D eigenvalue weighted by molar-refractivity contribution is 0.101. The third-order valence-electron chi connectivity index (χ3n) is 2.79. The number of anilines is 1. The molecule has 1 aromatic rings. The summed E-state index contributed by atoms with van der Waals surface area (Å²) in [6.45, 7) is 3.55. The van der Waals surface area contributed by atoms with Gasteiger partial charge in [-0.2, -0.15) is 11.8 Å². The van der Waals surface area contributed by atoms with Gasteiger partial charge in [-0.05, 0) is 38.3 Å². The molecule has 0 amide bonds. The molecule has 0 saturated heterocycles. The van der Waals surface area contributed by atoms with E-state index in [1.165, 1.54) is 19.1 Å². The molecule has 4 heteroatoms. The second-order valence-corrected chi connectivity index (χ2v) is 5.04. The van der Waals surface area contributed by atoms with E-state index in [4.69, 9.17) is 0 Å². The van der Waals surface area contributed by atoms with Crippen LogP contribution in [0.25, 0.3) is 0 Å². The monoisotopic (exact) mass is 255 g/mol. The number of nitrogens with zero attached hydrogens (tertiary/aromatic N) is 1. The van der Waals surface area contributed by atoms with Crippen LogP contribution in [0.3, 0.4) is 0 Å². The van der Waals surface area contributed by atoms with Crippen LogP contribution in [0.2, 0.25) is 0 Å². The van der Waals surface area contributed by atoms with E-state index in [1.54, 1.807) is 17.8 Å². The van der Waals surface area contributed by atoms with Gasteiger partial charge >= 0.3 is 0 Å². The maximum absolute atomic E-state index is 13.1. The summed E-state index contributed by atoms with van der Waals surface area (Å²) in [5, 5.41) is 0. The fraction of sp³-hybridized carbons (Fsp3) is 0.462. The molecule has 1 rings (SSSR count). The van der Waals surface area contributed by atoms with Crippen LogP contribution in [-0.4, -0.2) is 30.9 Å². The number of benzene rings is 1. The van der Waals surface area contributed by atoms with Crippen LogP contribution in [0.5, 0.6) is 0 Å². The molecule has 0 aliphatic rings. The van der Waals surface area contributed by atoms with Crippen LogP contribution in [-0.2, 0) is 0 Å². The fourth-order valence-corrected chi connectivity index (χ4v) is 2.39. The lowest BCUT2D eigenvalue weighted by Crippen LogP contribution is -2.32. The Balaban J connectivity index is 3.08. The van der Waals surface area contributed by atoms with Crippen molar-refractivity contribution in [2.75, 3.05) is 24.0 Å². The molecule has 0 saturated carbocycles. The first-order valence-corrected chi connectivity index (χ1v) is 6.89. The van der Waals surface area contributed by atoms with E-state index in [-0.39, 0.29) is 11.6 Å². The van der Waals surface area contributed by atoms with Gasteiger partial charge in [0.1, 0.15) is 5.82 Å². The van der Waals surface area contributed by atoms with E-state index in [2.05, 4.69) is 6.92 Å². The van der Waals surface area contributed by atoms with Crippen molar-refractivity contribution < 1.29 is 9.18 Å². The van der Waals surface area contributed by atoms with Gasteiger partial charge < -0.3 is 4.90 Å². The maximum atomic E-state index is 13.1. The first-order valence-electron chi connectivity index (χ1n) is 5.49. The zero-order valence-electron chi connectivity index (χ0n) is 10.7. The molecule has 1 aromatic carbocycles. The quantitative estimate of drug-likeness (QED) is 0.753. The number of carbonyl (C=O) groups is 1. The van der Waals surface area contributed by atoms with Crippen molar-refractivity contribution in [1.29, 1.82) is 0 Å². The largest absolute Gasteiger partial charge is 0.370 e. The molecule has 0 radical (unpaired) electrons. The molecular formula is C13H18FNOS. The number of thioether (sulfide) groups is 1. The topological polar surface area (TPSA) is 20.3 Å². The van der Waals surface area contributed by atoms with Gasteiger partial charge in [-0.15, -0.1) is 0 Å². The van der Waals surface area contributed by atoms with Crippen molar-refractivity contribution in [1.82, 2.24) is 0 Å². The van der Waals surface area contributed by atoms with Crippen LogP contribution in [0.15, 0.2) is 18.2 Å². The minimum absolute atomic E-state index is 0.109. The number of hydrogen-bond acceptors (Lipinski definition) is 3. The Hall–Kier alpha value is -1.03. The molecule has 0 bridgehead atoms. The minimum Gasteiger partial charge on any atom is -0.370 e. The smallest absolute Gasteiger partial charge is 0.161 e. The Bertz CT molecular complexity index is 408. The summed E-state index contributed by atoms with van der Waals surface area (Å²) in [6.07, 6.45) is 2.04. The fourth-order valence-electron chi connectivity index (χ4n) is 1.69. The first-order chi connectivity index (χ1) is 7.97. The highest BCUT2D eigenvalue weighted by molar-refractivity contribution is 7.98. The van der Waals surface area contributed by atoms with Crippen LogP contribution in [0.1, 0.15) is 24.2 Å². The Morgan fingerprint density at radius 2 is 2.18 bits per heavy atom. The molecule has 0 fully saturated rings. The van der Waals surface area contributed by atoms with E-state index in [0.717, 1.165) is 11.4 Å². The van der Waals surface area contributed by atoms with Crippen molar-refractivity contribution in [3.05, 3.63) is 29.6 Å². The number of Topliss-reactive ketones (excluding diaryl/α,β-unsaturated/α-hetero) is 1. The van der Waals surface area contributed by atoms with Gasteiger partial charge in [-0.1, -0.05) is 0 Å². The summed E-state index contributed by atoms with van der Waals surface area (Å²) in [5.74, 6) is 0.484. The summed E-state index contributed by atoms with van der Waals surface area (Å²) in [4.78, 5) is 13.5. The Morgan fingerprint density at radius 3 is 2.71 bits per heavy atom. The molecule has 17 heavy (non-hydrogen) atoms. The van der Waals surface area contributed by atoms with Gasteiger partial charge in [0.25, 0.3) is 0 Å². The van der Waals surface area contributed by atoms with E-state index in [0.29, 0.717) is 11.6 Å². The van der Waals surface area contributed by atoms with Crippen LogP contribution in [0, 0.1) is 5.82 Å². The summed E-state index contributed by atoms with van der Waals surface area (Å²) in [5.41, 5.74) is 1.24. The van der Waals surface area contributed by atoms with Gasteiger partial charge in [0.15, 0.2) is 5.78 Å². The number of halogens is 1. The molecule has 0 aromatic heterocycles. The summed E-state index contributed by atoms with van der Waals surface area (Å²) in [7, 11) is 1.93. The number of hydrogen-bond donors (Lipinski definition) is 0. The third kappa shape index (κ3) is 3.46. The molecule has 0 heterocycles. The molecule has 94 valence electrons. The average molecular weight is 255 g/mol. The number of ketones is 1. The standard InChI is InChI=1S/C13H18FNOS/c1-9(8-17-4)15(3)13-6-5-11(14)7-12(13)10(2)16/h5-7,9H,8H2,1-4H3. The second-order valence-electron chi connectivity index (χ2n) is 4.13. The molecule has 0 N–H and O–H groups in total. The van der Waals surface area contributed by atoms with Gasteiger partial charge in [-0.25, -0.2) is 4.39 Å². The Morgan fingerprint density at radius 1 is 1.53 bits per heavy atom. The van der Waals surface area contributed by atoms with Gasteiger partial charge in [0.05, 0.1) is 0 Å². The molecule has 2 nitrogen and oxygen atoms in total. The highest BCUT2D eigenvalue weighted by Gasteiger charge is 2.16. The predicted molar refractivity (Wildman–Crippen MR) is 72.7 cm³/mol. The van der Waals surface area contributed by atoms with Crippen molar-refractivity contribution in [3.63, 3.8) is 0 Å². The highest BCUT2D eigenvalue weighted by Crippen LogP contribution is 2.23. The highest BCUT2D eigenvalue weighted by atomic mass is 32.2. The molecule has 1 atom stereocenters. The van der Waals surface area contributed by atoms with Crippen molar-refractivity contribution in [2.24, 2.45) is 0 Å². The Labute approximate surface area is 106 Å². The molecule has 0 spiro atoms. The first kappa shape index (κ1) is 14.0. The summed E-state index contributed by atoms with van der Waals surface area (Å²) < 4.78 is 13.1. The van der Waals surface area contributed by atoms with Crippen LogP contribution in [0.4, 0.5) is 10.1 Å². The Kier molecular flexibility index (Phi) is 5.00. The predicted octanol–water partition coefficient (Wildman–Crippen LogP) is 3.22. The molecule has 1 unspecified atom stereocenters. The van der Waals surface area contributed by atoms with E-state index < -0.39 is 0 Å². The number of rotatable bonds is 5. The molecule has 0 aliphatic heterocycles. The van der Waals surface area contributed by atoms with Crippen molar-refractivity contribution in [3.8, 4) is 0 Å². The SMILES string of the molecule is CSCC(C)N(C)c1ccc(F)cc1C(C)=O. The molecular weight excluding hydrogens is 237 g/mol. The zero-order chi connectivity index (χ0) is 13.0. The van der Waals surface area contributed by atoms with Gasteiger partial charge in [-0.3, -0.25) is 4.79 Å². The third-order valence-corrected chi connectivity index (χ3v) is 3.60. The van der Waals surface area contributed by atoms with E-state index in [1.807, 2.05) is 18.2 Å². The van der Waals surface area contributed by atoms with E-state index in [9.17, 15) is 9.18 Å². The summed E-state index contributed by atoms with van der Waals surface area (Å²) >= 11 is 1.75. The normalized spacial score (nSPS) is 12.3.